The molecular weight excluding hydrogens is 448 g/mol. The highest BCUT2D eigenvalue weighted by atomic mass is 127. The Labute approximate surface area is 148 Å². The van der Waals surface area contributed by atoms with E-state index in [0.29, 0.717) is 18.5 Å². The van der Waals surface area contributed by atoms with Crippen molar-refractivity contribution < 1.29 is 14.7 Å². The van der Waals surface area contributed by atoms with E-state index in [2.05, 4.69) is 5.32 Å². The summed E-state index contributed by atoms with van der Waals surface area (Å²) in [6, 6.07) is 5.25. The molecule has 0 saturated heterocycles. The van der Waals surface area contributed by atoms with Crippen LogP contribution in [0.25, 0.3) is 0 Å². The fourth-order valence-electron chi connectivity index (χ4n) is 1.64. The Hall–Kier alpha value is -0.830. The number of halogens is 3. The smallest absolute Gasteiger partial charge is 0.331 e. The molecule has 2 aromatic rings. The van der Waals surface area contributed by atoms with Crippen LogP contribution in [0.3, 0.4) is 0 Å². The predicted octanol–water partition coefficient (Wildman–Crippen LogP) is 4.22. The van der Waals surface area contributed by atoms with Gasteiger partial charge in [-0.15, -0.1) is 11.3 Å². The van der Waals surface area contributed by atoms with Gasteiger partial charge in [0.15, 0.2) is 6.04 Å². The van der Waals surface area contributed by atoms with Gasteiger partial charge in [0.05, 0.1) is 10.6 Å². The van der Waals surface area contributed by atoms with E-state index in [-0.39, 0.29) is 5.56 Å². The molecule has 0 fully saturated rings. The molecule has 2 N–H and O–H groups in total. The van der Waals surface area contributed by atoms with Gasteiger partial charge in [-0.05, 0) is 46.2 Å². The first-order chi connectivity index (χ1) is 9.90. The van der Waals surface area contributed by atoms with E-state index in [1.54, 1.807) is 17.5 Å². The first-order valence-corrected chi connectivity index (χ1v) is 8.33. The highest BCUT2D eigenvalue weighted by Gasteiger charge is 2.25. The topological polar surface area (TPSA) is 66.4 Å². The predicted molar refractivity (Wildman–Crippen MR) is 91.3 cm³/mol. The van der Waals surface area contributed by atoms with E-state index in [4.69, 9.17) is 23.2 Å². The third kappa shape index (κ3) is 3.88. The zero-order valence-corrected chi connectivity index (χ0v) is 14.8. The van der Waals surface area contributed by atoms with Crippen LogP contribution >= 0.6 is 57.1 Å². The molecule has 1 amide bonds. The Morgan fingerprint density at radius 3 is 2.62 bits per heavy atom. The van der Waals surface area contributed by atoms with Crippen LogP contribution in [-0.4, -0.2) is 17.0 Å². The molecule has 0 radical (unpaired) electrons. The molecule has 0 spiro atoms. The fourth-order valence-corrected chi connectivity index (χ4v) is 3.46. The van der Waals surface area contributed by atoms with Gasteiger partial charge >= 0.3 is 5.97 Å². The van der Waals surface area contributed by atoms with Gasteiger partial charge in [-0.25, -0.2) is 4.79 Å². The molecule has 1 aromatic heterocycles. The van der Waals surface area contributed by atoms with Gasteiger partial charge in [-0.1, -0.05) is 29.3 Å². The summed E-state index contributed by atoms with van der Waals surface area (Å²) in [6.45, 7) is 0. The molecule has 2 rings (SSSR count). The van der Waals surface area contributed by atoms with Crippen LogP contribution in [0, 0.1) is 3.57 Å². The lowest BCUT2D eigenvalue weighted by Gasteiger charge is -2.14. The Bertz CT molecular complexity index is 691. The zero-order chi connectivity index (χ0) is 15.6. The van der Waals surface area contributed by atoms with Crippen LogP contribution < -0.4 is 5.32 Å². The van der Waals surface area contributed by atoms with Crippen LogP contribution in [0.1, 0.15) is 21.3 Å². The summed E-state index contributed by atoms with van der Waals surface area (Å²) in [4.78, 5) is 24.2. The van der Waals surface area contributed by atoms with Crippen molar-refractivity contribution in [2.45, 2.75) is 6.04 Å². The van der Waals surface area contributed by atoms with Crippen LogP contribution in [0.2, 0.25) is 10.0 Å². The number of carbonyl (C=O) groups excluding carboxylic acids is 1. The third-order valence-corrected chi connectivity index (χ3v) is 5.52. The number of aliphatic carboxylic acids is 1. The van der Waals surface area contributed by atoms with Crippen molar-refractivity contribution in [3.8, 4) is 0 Å². The Kier molecular flexibility index (Phi) is 5.48. The molecular formula is C13H8Cl2INO3S. The SMILES string of the molecule is O=C(NC(C(=O)O)c1cccs1)c1cc(Cl)cc(Cl)c1I. The van der Waals surface area contributed by atoms with Crippen molar-refractivity contribution in [2.24, 2.45) is 0 Å². The Morgan fingerprint density at radius 2 is 2.05 bits per heavy atom. The minimum atomic E-state index is -1.13. The summed E-state index contributed by atoms with van der Waals surface area (Å²) in [7, 11) is 0. The quantitative estimate of drug-likeness (QED) is 0.536. The molecule has 0 saturated carbocycles. The summed E-state index contributed by atoms with van der Waals surface area (Å²) in [5, 5.41) is 14.1. The minimum Gasteiger partial charge on any atom is -0.479 e. The number of carbonyl (C=O) groups is 2. The number of hydrogen-bond donors (Lipinski definition) is 2. The first-order valence-electron chi connectivity index (χ1n) is 5.61. The molecule has 4 nitrogen and oxygen atoms in total. The maximum Gasteiger partial charge on any atom is 0.331 e. The maximum absolute atomic E-state index is 12.3. The number of carboxylic acids is 1. The van der Waals surface area contributed by atoms with Crippen molar-refractivity contribution >= 4 is 69.0 Å². The van der Waals surface area contributed by atoms with E-state index in [0.717, 1.165) is 0 Å². The van der Waals surface area contributed by atoms with Crippen LogP contribution in [-0.2, 0) is 4.79 Å². The number of hydrogen-bond acceptors (Lipinski definition) is 3. The summed E-state index contributed by atoms with van der Waals surface area (Å²) >= 11 is 15.0. The van der Waals surface area contributed by atoms with Crippen molar-refractivity contribution in [3.05, 3.63) is 53.7 Å². The zero-order valence-electron chi connectivity index (χ0n) is 10.3. The number of thiophene rings is 1. The van der Waals surface area contributed by atoms with Gasteiger partial charge in [-0.2, -0.15) is 0 Å². The molecule has 0 bridgehead atoms. The lowest BCUT2D eigenvalue weighted by atomic mass is 10.1. The standard InChI is InChI=1S/C13H8Cl2INO3S/c14-6-4-7(10(16)8(15)5-6)12(18)17-11(13(19)20)9-2-1-3-21-9/h1-5,11H,(H,17,18)(H,19,20). The second-order valence-corrected chi connectivity index (χ2v) is 6.91. The van der Waals surface area contributed by atoms with E-state index in [1.807, 2.05) is 22.6 Å². The molecule has 1 aromatic carbocycles. The fraction of sp³-hybridized carbons (Fsp3) is 0.0769. The van der Waals surface area contributed by atoms with Crippen molar-refractivity contribution in [3.63, 3.8) is 0 Å². The largest absolute Gasteiger partial charge is 0.479 e. The van der Waals surface area contributed by atoms with E-state index in [9.17, 15) is 14.7 Å². The van der Waals surface area contributed by atoms with Gasteiger partial charge in [0.1, 0.15) is 0 Å². The number of nitrogens with one attached hydrogen (secondary N) is 1. The number of benzene rings is 1. The number of amides is 1. The second kappa shape index (κ2) is 6.95. The summed E-state index contributed by atoms with van der Waals surface area (Å²) in [5.41, 5.74) is 0.246. The lowest BCUT2D eigenvalue weighted by molar-refractivity contribution is -0.139. The summed E-state index contributed by atoms with van der Waals surface area (Å²) in [6.07, 6.45) is 0. The average molecular weight is 456 g/mol. The average Bonchev–Trinajstić information content (AvgIpc) is 2.93. The summed E-state index contributed by atoms with van der Waals surface area (Å²) in [5.74, 6) is -1.67. The second-order valence-electron chi connectivity index (χ2n) is 4.01. The molecule has 0 aliphatic carbocycles. The van der Waals surface area contributed by atoms with Gasteiger partial charge in [0.25, 0.3) is 5.91 Å². The molecule has 1 atom stereocenters. The Balaban J connectivity index is 2.30. The molecule has 1 heterocycles. The molecule has 1 unspecified atom stereocenters. The van der Waals surface area contributed by atoms with Gasteiger partial charge in [0, 0.05) is 13.5 Å². The van der Waals surface area contributed by atoms with E-state index < -0.39 is 17.9 Å². The van der Waals surface area contributed by atoms with Gasteiger partial charge in [0.2, 0.25) is 0 Å². The molecule has 0 aliphatic heterocycles. The molecule has 0 aliphatic rings. The minimum absolute atomic E-state index is 0.246. The number of rotatable bonds is 4. The highest BCUT2D eigenvalue weighted by Crippen LogP contribution is 2.27. The molecule has 21 heavy (non-hydrogen) atoms. The van der Waals surface area contributed by atoms with Gasteiger partial charge < -0.3 is 10.4 Å². The van der Waals surface area contributed by atoms with Crippen molar-refractivity contribution in [1.82, 2.24) is 5.32 Å². The van der Waals surface area contributed by atoms with E-state index >= 15 is 0 Å². The Morgan fingerprint density at radius 1 is 1.33 bits per heavy atom. The number of carboxylic acid groups (broad SMARTS) is 1. The highest BCUT2D eigenvalue weighted by molar-refractivity contribution is 14.1. The van der Waals surface area contributed by atoms with Crippen LogP contribution in [0.15, 0.2) is 29.6 Å². The van der Waals surface area contributed by atoms with Crippen molar-refractivity contribution in [1.29, 1.82) is 0 Å². The van der Waals surface area contributed by atoms with Gasteiger partial charge in [-0.3, -0.25) is 4.79 Å². The van der Waals surface area contributed by atoms with Crippen molar-refractivity contribution in [2.75, 3.05) is 0 Å². The van der Waals surface area contributed by atoms with Crippen LogP contribution in [0.4, 0.5) is 0 Å². The molecule has 8 heteroatoms. The summed E-state index contributed by atoms with van der Waals surface area (Å²) < 4.78 is 0.520. The third-order valence-electron chi connectivity index (χ3n) is 2.59. The first kappa shape index (κ1) is 16.5. The lowest BCUT2D eigenvalue weighted by Crippen LogP contribution is -2.33. The van der Waals surface area contributed by atoms with Crippen LogP contribution in [0.5, 0.6) is 0 Å². The molecule has 110 valence electrons. The van der Waals surface area contributed by atoms with E-state index in [1.165, 1.54) is 23.5 Å². The maximum atomic E-state index is 12.3. The normalized spacial score (nSPS) is 12.0. The monoisotopic (exact) mass is 455 g/mol.